The van der Waals surface area contributed by atoms with E-state index < -0.39 is 21.9 Å². The number of rotatable bonds is 3. The van der Waals surface area contributed by atoms with Gasteiger partial charge in [0.25, 0.3) is 0 Å². The number of sulfone groups is 1. The number of amides is 1. The van der Waals surface area contributed by atoms with E-state index in [0.29, 0.717) is 5.56 Å². The van der Waals surface area contributed by atoms with Crippen LogP contribution in [0, 0.1) is 0 Å². The van der Waals surface area contributed by atoms with Crippen LogP contribution in [0.5, 0.6) is 0 Å². The zero-order valence-electron chi connectivity index (χ0n) is 9.28. The molecule has 0 bridgehead atoms. The van der Waals surface area contributed by atoms with Gasteiger partial charge in [0.1, 0.15) is 0 Å². The molecule has 0 saturated heterocycles. The molecule has 0 aromatic heterocycles. The van der Waals surface area contributed by atoms with E-state index in [0.717, 1.165) is 6.26 Å². The molecule has 0 aliphatic heterocycles. The smallest absolute Gasteiger partial charge is 0.344 e. The number of hydrogen-bond acceptors (Lipinski definition) is 3. The molecule has 18 heavy (non-hydrogen) atoms. The van der Waals surface area contributed by atoms with Crippen LogP contribution in [-0.2, 0) is 21.2 Å². The second kappa shape index (κ2) is 4.97. The minimum Gasteiger partial charge on any atom is -0.344 e. The Balaban J connectivity index is 2.69. The number of carbonyl (C=O) groups is 1. The maximum absolute atomic E-state index is 11.9. The minimum atomic E-state index is -4.92. The highest BCUT2D eigenvalue weighted by Crippen LogP contribution is 2.15. The third kappa shape index (κ3) is 4.02. The summed E-state index contributed by atoms with van der Waals surface area (Å²) in [6.45, 7) is -0.317. The van der Waals surface area contributed by atoms with Crippen LogP contribution in [0.15, 0.2) is 29.2 Å². The molecule has 0 radical (unpaired) electrons. The van der Waals surface area contributed by atoms with Crippen LogP contribution in [0.2, 0.25) is 0 Å². The molecule has 0 saturated carbocycles. The number of benzene rings is 1. The number of carbonyl (C=O) groups excluding carboxylic acids is 1. The fraction of sp³-hybridized carbons (Fsp3) is 0.300. The Morgan fingerprint density at radius 3 is 2.11 bits per heavy atom. The fourth-order valence-corrected chi connectivity index (χ4v) is 1.77. The van der Waals surface area contributed by atoms with Crippen molar-refractivity contribution in [1.82, 2.24) is 5.32 Å². The van der Waals surface area contributed by atoms with Crippen molar-refractivity contribution in [2.45, 2.75) is 17.6 Å². The predicted octanol–water partition coefficient (Wildman–Crippen LogP) is 1.27. The highest BCUT2D eigenvalue weighted by Gasteiger charge is 2.38. The average molecular weight is 281 g/mol. The average Bonchev–Trinajstić information content (AvgIpc) is 2.24. The molecular weight excluding hydrogens is 271 g/mol. The molecule has 1 N–H and O–H groups in total. The lowest BCUT2D eigenvalue weighted by Crippen LogP contribution is -2.36. The normalized spacial score (nSPS) is 12.2. The summed E-state index contributed by atoms with van der Waals surface area (Å²) in [6.07, 6.45) is -3.90. The standard InChI is InChI=1S/C10H10F3NO3S/c1-18(16,17)8-4-2-7(3-5-8)6-14-9(15)10(11,12)13/h2-5H,6H2,1H3,(H,14,15). The van der Waals surface area contributed by atoms with Crippen molar-refractivity contribution in [1.29, 1.82) is 0 Å². The quantitative estimate of drug-likeness (QED) is 0.907. The first-order valence-electron chi connectivity index (χ1n) is 4.75. The Kier molecular flexibility index (Phi) is 4.00. The van der Waals surface area contributed by atoms with Gasteiger partial charge in [0.05, 0.1) is 4.90 Å². The second-order valence-electron chi connectivity index (χ2n) is 3.60. The molecule has 1 amide bonds. The van der Waals surface area contributed by atoms with Crippen molar-refractivity contribution in [3.8, 4) is 0 Å². The maximum atomic E-state index is 11.9. The van der Waals surface area contributed by atoms with Crippen LogP contribution in [0.3, 0.4) is 0 Å². The van der Waals surface area contributed by atoms with Crippen LogP contribution in [-0.4, -0.2) is 26.8 Å². The van der Waals surface area contributed by atoms with Crippen LogP contribution < -0.4 is 5.32 Å². The summed E-state index contributed by atoms with van der Waals surface area (Å²) >= 11 is 0. The first-order chi connectivity index (χ1) is 8.10. The molecule has 0 fully saturated rings. The second-order valence-corrected chi connectivity index (χ2v) is 5.61. The topological polar surface area (TPSA) is 63.2 Å². The van der Waals surface area contributed by atoms with E-state index in [9.17, 15) is 26.4 Å². The molecule has 0 unspecified atom stereocenters. The van der Waals surface area contributed by atoms with E-state index in [2.05, 4.69) is 0 Å². The molecule has 0 aliphatic carbocycles. The predicted molar refractivity (Wildman–Crippen MR) is 57.5 cm³/mol. The molecule has 1 aromatic rings. The minimum absolute atomic E-state index is 0.0633. The lowest BCUT2D eigenvalue weighted by Gasteiger charge is -2.08. The van der Waals surface area contributed by atoms with E-state index in [4.69, 9.17) is 0 Å². The molecule has 4 nitrogen and oxygen atoms in total. The zero-order valence-corrected chi connectivity index (χ0v) is 10.1. The van der Waals surface area contributed by atoms with Crippen molar-refractivity contribution in [3.05, 3.63) is 29.8 Å². The third-order valence-corrected chi connectivity index (χ3v) is 3.19. The van der Waals surface area contributed by atoms with Gasteiger partial charge in [-0.1, -0.05) is 12.1 Å². The third-order valence-electron chi connectivity index (χ3n) is 2.06. The Morgan fingerprint density at radius 1 is 1.22 bits per heavy atom. The van der Waals surface area contributed by atoms with Crippen molar-refractivity contribution < 1.29 is 26.4 Å². The lowest BCUT2D eigenvalue weighted by molar-refractivity contribution is -0.173. The van der Waals surface area contributed by atoms with Gasteiger partial charge in [0, 0.05) is 12.8 Å². The molecule has 0 heterocycles. The summed E-state index contributed by atoms with van der Waals surface area (Å²) in [5.41, 5.74) is 0.375. The molecule has 0 spiro atoms. The van der Waals surface area contributed by atoms with Gasteiger partial charge in [-0.05, 0) is 17.7 Å². The summed E-state index contributed by atoms with van der Waals surface area (Å²) in [4.78, 5) is 10.6. The van der Waals surface area contributed by atoms with Crippen molar-refractivity contribution >= 4 is 15.7 Å². The van der Waals surface area contributed by atoms with Gasteiger partial charge in [-0.3, -0.25) is 4.79 Å². The highest BCUT2D eigenvalue weighted by molar-refractivity contribution is 7.90. The monoisotopic (exact) mass is 281 g/mol. The molecule has 0 atom stereocenters. The first-order valence-corrected chi connectivity index (χ1v) is 6.64. The summed E-state index contributed by atoms with van der Waals surface area (Å²) in [5.74, 6) is -2.03. The first kappa shape index (κ1) is 14.5. The Morgan fingerprint density at radius 2 is 1.72 bits per heavy atom. The lowest BCUT2D eigenvalue weighted by atomic mass is 10.2. The summed E-state index contributed by atoms with van der Waals surface area (Å²) in [7, 11) is -3.34. The van der Waals surface area contributed by atoms with Crippen LogP contribution >= 0.6 is 0 Å². The molecular formula is C10H10F3NO3S. The van der Waals surface area contributed by atoms with Gasteiger partial charge in [0.2, 0.25) is 0 Å². The Labute approximate surface area is 102 Å². The number of halogens is 3. The molecule has 1 aromatic carbocycles. The van der Waals surface area contributed by atoms with Gasteiger partial charge in [-0.2, -0.15) is 13.2 Å². The summed E-state index contributed by atoms with van der Waals surface area (Å²) in [5, 5.41) is 1.68. The van der Waals surface area contributed by atoms with E-state index in [-0.39, 0.29) is 11.4 Å². The maximum Gasteiger partial charge on any atom is 0.471 e. The van der Waals surface area contributed by atoms with E-state index in [1.54, 1.807) is 5.32 Å². The van der Waals surface area contributed by atoms with Crippen molar-refractivity contribution in [2.75, 3.05) is 6.26 Å². The molecule has 1 rings (SSSR count). The largest absolute Gasteiger partial charge is 0.471 e. The van der Waals surface area contributed by atoms with E-state index >= 15 is 0 Å². The number of alkyl halides is 3. The fourth-order valence-electron chi connectivity index (χ4n) is 1.14. The van der Waals surface area contributed by atoms with E-state index in [1.807, 2.05) is 0 Å². The number of hydrogen-bond donors (Lipinski definition) is 1. The zero-order chi connectivity index (χ0) is 14.0. The van der Waals surface area contributed by atoms with Gasteiger partial charge >= 0.3 is 12.1 Å². The molecule has 8 heteroatoms. The van der Waals surface area contributed by atoms with Gasteiger partial charge in [0.15, 0.2) is 9.84 Å². The SMILES string of the molecule is CS(=O)(=O)c1ccc(CNC(=O)C(F)(F)F)cc1. The van der Waals surface area contributed by atoms with Gasteiger partial charge in [-0.25, -0.2) is 8.42 Å². The number of nitrogens with one attached hydrogen (secondary N) is 1. The Bertz CT molecular complexity index is 534. The summed E-state index contributed by atoms with van der Waals surface area (Å²) in [6, 6.07) is 5.22. The van der Waals surface area contributed by atoms with E-state index in [1.165, 1.54) is 24.3 Å². The van der Waals surface area contributed by atoms with Gasteiger partial charge in [-0.15, -0.1) is 0 Å². The molecule has 100 valence electrons. The van der Waals surface area contributed by atoms with Crippen LogP contribution in [0.4, 0.5) is 13.2 Å². The summed E-state index contributed by atoms with van der Waals surface area (Å²) < 4.78 is 57.9. The van der Waals surface area contributed by atoms with Crippen LogP contribution in [0.25, 0.3) is 0 Å². The van der Waals surface area contributed by atoms with Gasteiger partial charge < -0.3 is 5.32 Å². The Hall–Kier alpha value is -1.57. The van der Waals surface area contributed by atoms with Crippen LogP contribution in [0.1, 0.15) is 5.56 Å². The highest BCUT2D eigenvalue weighted by atomic mass is 32.2. The van der Waals surface area contributed by atoms with Crippen molar-refractivity contribution in [3.63, 3.8) is 0 Å². The molecule has 0 aliphatic rings. The van der Waals surface area contributed by atoms with Crippen molar-refractivity contribution in [2.24, 2.45) is 0 Å².